The molecule has 0 bridgehead atoms. The molecular formula is C28H34F6O. The van der Waals surface area contributed by atoms with Crippen molar-refractivity contribution in [2.45, 2.75) is 84.4 Å². The van der Waals surface area contributed by atoms with E-state index in [2.05, 4.69) is 18.6 Å². The van der Waals surface area contributed by atoms with Crippen LogP contribution in [0.15, 0.2) is 30.3 Å². The number of halogens is 6. The molecule has 194 valence electrons. The average molecular weight is 501 g/mol. The Balaban J connectivity index is 1.63. The molecule has 1 aliphatic rings. The molecule has 0 N–H and O–H groups in total. The van der Waals surface area contributed by atoms with Crippen LogP contribution in [0.3, 0.4) is 0 Å². The van der Waals surface area contributed by atoms with Crippen molar-refractivity contribution >= 4 is 0 Å². The molecule has 7 heteroatoms. The number of alkyl halides is 3. The quantitative estimate of drug-likeness (QED) is 0.295. The van der Waals surface area contributed by atoms with Crippen LogP contribution in [0.1, 0.15) is 77.2 Å². The van der Waals surface area contributed by atoms with Crippen molar-refractivity contribution in [3.05, 3.63) is 53.3 Å². The zero-order chi connectivity index (χ0) is 25.6. The molecule has 35 heavy (non-hydrogen) atoms. The number of aryl methyl sites for hydroxylation is 1. The molecule has 0 spiro atoms. The van der Waals surface area contributed by atoms with Crippen molar-refractivity contribution in [2.75, 3.05) is 0 Å². The summed E-state index contributed by atoms with van der Waals surface area (Å²) in [5, 5.41) is 0. The Kier molecular flexibility index (Phi) is 9.54. The zero-order valence-corrected chi connectivity index (χ0v) is 20.4. The molecule has 2 aromatic rings. The van der Waals surface area contributed by atoms with Crippen LogP contribution in [0.4, 0.5) is 26.3 Å². The number of hydrogen-bond acceptors (Lipinski definition) is 1. The van der Waals surface area contributed by atoms with Crippen LogP contribution in [0.5, 0.6) is 5.75 Å². The van der Waals surface area contributed by atoms with E-state index in [-0.39, 0.29) is 11.1 Å². The summed E-state index contributed by atoms with van der Waals surface area (Å²) < 4.78 is 83.3. The summed E-state index contributed by atoms with van der Waals surface area (Å²) >= 11 is 0. The van der Waals surface area contributed by atoms with Crippen molar-refractivity contribution in [2.24, 2.45) is 17.8 Å². The van der Waals surface area contributed by atoms with Crippen LogP contribution in [-0.4, -0.2) is 6.36 Å². The predicted octanol–water partition coefficient (Wildman–Crippen LogP) is 9.62. The van der Waals surface area contributed by atoms with Gasteiger partial charge in [0.05, 0.1) is 0 Å². The van der Waals surface area contributed by atoms with Crippen LogP contribution in [0.25, 0.3) is 11.1 Å². The lowest BCUT2D eigenvalue weighted by Crippen LogP contribution is -2.22. The van der Waals surface area contributed by atoms with Crippen LogP contribution in [0.2, 0.25) is 0 Å². The Hall–Kier alpha value is -2.18. The minimum absolute atomic E-state index is 0.0818. The number of ether oxygens (including phenoxy) is 1. The Bertz CT molecular complexity index is 939. The van der Waals surface area contributed by atoms with Gasteiger partial charge in [0.1, 0.15) is 5.82 Å². The SMILES string of the molecule is CCCC(CCCc1ccc(-c2cc(F)c(OC(F)(F)F)c(F)c2)c(F)c1)C1CCC(CC)CC1. The van der Waals surface area contributed by atoms with Crippen molar-refractivity contribution in [3.8, 4) is 16.9 Å². The molecule has 3 rings (SSSR count). The fourth-order valence-electron chi connectivity index (χ4n) is 5.50. The van der Waals surface area contributed by atoms with E-state index < -0.39 is 29.6 Å². The standard InChI is InChI=1S/C28H34F6O/c1-3-6-20(21-12-9-18(4-2)10-13-21)8-5-7-19-11-14-23(24(29)15-19)22-16-25(30)27(26(31)17-22)35-28(32,33)34/h11,14-18,20-21H,3-10,12-13H2,1-2H3. The molecule has 1 saturated carbocycles. The van der Waals surface area contributed by atoms with E-state index in [4.69, 9.17) is 0 Å². The Morgan fingerprint density at radius 1 is 0.886 bits per heavy atom. The molecule has 1 fully saturated rings. The highest BCUT2D eigenvalue weighted by Crippen LogP contribution is 2.39. The average Bonchev–Trinajstić information content (AvgIpc) is 2.80. The van der Waals surface area contributed by atoms with Crippen molar-refractivity contribution < 1.29 is 31.1 Å². The molecule has 0 radical (unpaired) electrons. The Morgan fingerprint density at radius 3 is 2.09 bits per heavy atom. The van der Waals surface area contributed by atoms with Gasteiger partial charge in [-0.1, -0.05) is 58.1 Å². The van der Waals surface area contributed by atoms with Gasteiger partial charge in [0.25, 0.3) is 0 Å². The first-order valence-electron chi connectivity index (χ1n) is 12.6. The molecule has 1 aliphatic carbocycles. The van der Waals surface area contributed by atoms with Crippen LogP contribution < -0.4 is 4.74 Å². The smallest absolute Gasteiger partial charge is 0.399 e. The van der Waals surface area contributed by atoms with Gasteiger partial charge in [0.15, 0.2) is 11.6 Å². The zero-order valence-electron chi connectivity index (χ0n) is 20.4. The fraction of sp³-hybridized carbons (Fsp3) is 0.571. The van der Waals surface area contributed by atoms with Gasteiger partial charge < -0.3 is 4.74 Å². The molecule has 0 amide bonds. The topological polar surface area (TPSA) is 9.23 Å². The third kappa shape index (κ3) is 7.65. The van der Waals surface area contributed by atoms with Crippen molar-refractivity contribution in [3.63, 3.8) is 0 Å². The van der Waals surface area contributed by atoms with Crippen molar-refractivity contribution in [1.29, 1.82) is 0 Å². The molecule has 0 saturated heterocycles. The van der Waals surface area contributed by atoms with Gasteiger partial charge in [-0.2, -0.15) is 0 Å². The summed E-state index contributed by atoms with van der Waals surface area (Å²) in [5.41, 5.74) is 0.514. The molecule has 1 nitrogen and oxygen atoms in total. The first-order valence-corrected chi connectivity index (χ1v) is 12.6. The van der Waals surface area contributed by atoms with E-state index >= 15 is 0 Å². The van der Waals surface area contributed by atoms with E-state index in [9.17, 15) is 26.3 Å². The summed E-state index contributed by atoms with van der Waals surface area (Å²) in [6.07, 6.45) is 6.35. The van der Waals surface area contributed by atoms with E-state index in [0.717, 1.165) is 36.7 Å². The van der Waals surface area contributed by atoms with Gasteiger partial charge in [-0.25, -0.2) is 13.2 Å². The van der Waals surface area contributed by atoms with Crippen LogP contribution in [-0.2, 0) is 6.42 Å². The Morgan fingerprint density at radius 2 is 1.54 bits per heavy atom. The predicted molar refractivity (Wildman–Crippen MR) is 126 cm³/mol. The molecule has 1 unspecified atom stereocenters. The molecular weight excluding hydrogens is 466 g/mol. The van der Waals surface area contributed by atoms with Crippen LogP contribution >= 0.6 is 0 Å². The van der Waals surface area contributed by atoms with Gasteiger partial charge in [0.2, 0.25) is 5.75 Å². The van der Waals surface area contributed by atoms with Gasteiger partial charge in [-0.15, -0.1) is 13.2 Å². The largest absolute Gasteiger partial charge is 0.573 e. The Labute approximate surface area is 203 Å². The second-order valence-corrected chi connectivity index (χ2v) is 9.76. The highest BCUT2D eigenvalue weighted by atomic mass is 19.4. The van der Waals surface area contributed by atoms with Crippen LogP contribution in [0, 0.1) is 35.2 Å². The number of rotatable bonds is 10. The maximum atomic E-state index is 14.8. The first kappa shape index (κ1) is 27.4. The van der Waals surface area contributed by atoms with Gasteiger partial charge >= 0.3 is 6.36 Å². The molecule has 2 aromatic carbocycles. The maximum Gasteiger partial charge on any atom is 0.573 e. The monoisotopic (exact) mass is 500 g/mol. The second-order valence-electron chi connectivity index (χ2n) is 9.76. The number of benzene rings is 2. The minimum Gasteiger partial charge on any atom is -0.399 e. The molecule has 1 atom stereocenters. The summed E-state index contributed by atoms with van der Waals surface area (Å²) in [5.74, 6) is -3.00. The van der Waals surface area contributed by atoms with E-state index in [1.54, 1.807) is 6.07 Å². The lowest BCUT2D eigenvalue weighted by molar-refractivity contribution is -0.276. The van der Waals surface area contributed by atoms with E-state index in [1.165, 1.54) is 50.7 Å². The van der Waals surface area contributed by atoms with Gasteiger partial charge in [0, 0.05) is 5.56 Å². The molecule has 0 heterocycles. The third-order valence-electron chi connectivity index (χ3n) is 7.40. The van der Waals surface area contributed by atoms with Gasteiger partial charge in [-0.3, -0.25) is 0 Å². The third-order valence-corrected chi connectivity index (χ3v) is 7.40. The minimum atomic E-state index is -5.23. The fourth-order valence-corrected chi connectivity index (χ4v) is 5.50. The lowest BCUT2D eigenvalue weighted by Gasteiger charge is -2.34. The summed E-state index contributed by atoms with van der Waals surface area (Å²) in [7, 11) is 0. The second kappa shape index (κ2) is 12.2. The van der Waals surface area contributed by atoms with E-state index in [1.807, 2.05) is 0 Å². The highest BCUT2D eigenvalue weighted by Gasteiger charge is 2.34. The number of hydrogen-bond donors (Lipinski definition) is 0. The molecule has 0 aromatic heterocycles. The lowest BCUT2D eigenvalue weighted by atomic mass is 9.72. The summed E-state index contributed by atoms with van der Waals surface area (Å²) in [6.45, 7) is 4.48. The summed E-state index contributed by atoms with van der Waals surface area (Å²) in [4.78, 5) is 0. The normalized spacial score (nSPS) is 19.5. The molecule has 0 aliphatic heterocycles. The van der Waals surface area contributed by atoms with Gasteiger partial charge in [-0.05, 0) is 79.2 Å². The maximum absolute atomic E-state index is 14.8. The van der Waals surface area contributed by atoms with Crippen molar-refractivity contribution in [1.82, 2.24) is 0 Å². The highest BCUT2D eigenvalue weighted by molar-refractivity contribution is 5.65. The summed E-state index contributed by atoms with van der Waals surface area (Å²) in [6, 6.07) is 5.75. The first-order chi connectivity index (χ1) is 16.6. The van der Waals surface area contributed by atoms with E-state index in [0.29, 0.717) is 24.5 Å².